The zero-order valence-electron chi connectivity index (χ0n) is 15.8. The Balaban J connectivity index is 1.77. The van der Waals surface area contributed by atoms with E-state index < -0.39 is 11.7 Å². The van der Waals surface area contributed by atoms with Gasteiger partial charge < -0.3 is 15.4 Å². The molecule has 0 spiro atoms. The van der Waals surface area contributed by atoms with Crippen molar-refractivity contribution in [3.05, 3.63) is 34.9 Å². The number of carbonyl (C=O) groups excluding carboxylic acids is 2. The number of hydrogen-bond donors (Lipinski definition) is 2. The van der Waals surface area contributed by atoms with Crippen molar-refractivity contribution >= 4 is 12.0 Å². The molecule has 138 valence electrons. The molecule has 1 atom stereocenters. The molecule has 2 N–H and O–H groups in total. The molecule has 0 aromatic heterocycles. The number of carbonyl (C=O) groups is 2. The van der Waals surface area contributed by atoms with E-state index in [0.717, 1.165) is 18.4 Å². The molecule has 0 saturated carbocycles. The van der Waals surface area contributed by atoms with E-state index in [4.69, 9.17) is 4.74 Å². The molecule has 5 heteroatoms. The van der Waals surface area contributed by atoms with Crippen molar-refractivity contribution in [1.82, 2.24) is 10.6 Å². The molecular formula is C20H30N2O3. The lowest BCUT2D eigenvalue weighted by molar-refractivity contribution is -0.121. The molecule has 1 aliphatic rings. The summed E-state index contributed by atoms with van der Waals surface area (Å²) in [6.45, 7) is 7.67. The normalized spacial score (nSPS) is 15.0. The summed E-state index contributed by atoms with van der Waals surface area (Å²) >= 11 is 0. The SMILES string of the molecule is C[C@@H](NC(=O)CCNC(=O)OC(C)(C)C)c1ccc2c(c1)CCCC2. The second-order valence-electron chi connectivity index (χ2n) is 7.70. The largest absolute Gasteiger partial charge is 0.444 e. The molecule has 1 aliphatic carbocycles. The molecule has 5 nitrogen and oxygen atoms in total. The minimum absolute atomic E-state index is 0.0405. The van der Waals surface area contributed by atoms with Gasteiger partial charge in [0.15, 0.2) is 0 Å². The van der Waals surface area contributed by atoms with E-state index in [1.165, 1.54) is 24.0 Å². The molecule has 0 saturated heterocycles. The van der Waals surface area contributed by atoms with E-state index in [1.54, 1.807) is 20.8 Å². The molecule has 0 bridgehead atoms. The van der Waals surface area contributed by atoms with E-state index in [1.807, 2.05) is 6.92 Å². The van der Waals surface area contributed by atoms with Crippen LogP contribution in [-0.2, 0) is 22.4 Å². The summed E-state index contributed by atoms with van der Waals surface area (Å²) in [6, 6.07) is 6.48. The second kappa shape index (κ2) is 8.37. The van der Waals surface area contributed by atoms with Gasteiger partial charge in [-0.25, -0.2) is 4.79 Å². The molecule has 0 fully saturated rings. The number of alkyl carbamates (subject to hydrolysis) is 1. The number of rotatable bonds is 5. The van der Waals surface area contributed by atoms with E-state index in [0.29, 0.717) is 0 Å². The lowest BCUT2D eigenvalue weighted by Gasteiger charge is -2.21. The summed E-state index contributed by atoms with van der Waals surface area (Å²) in [7, 11) is 0. The van der Waals surface area contributed by atoms with Gasteiger partial charge in [0, 0.05) is 13.0 Å². The summed E-state index contributed by atoms with van der Waals surface area (Å²) < 4.78 is 5.14. The van der Waals surface area contributed by atoms with E-state index in [9.17, 15) is 9.59 Å². The van der Waals surface area contributed by atoms with Crippen LogP contribution in [-0.4, -0.2) is 24.1 Å². The minimum Gasteiger partial charge on any atom is -0.444 e. The molecule has 0 radical (unpaired) electrons. The molecule has 25 heavy (non-hydrogen) atoms. The molecule has 2 rings (SSSR count). The first-order chi connectivity index (χ1) is 11.7. The van der Waals surface area contributed by atoms with Crippen molar-refractivity contribution < 1.29 is 14.3 Å². The molecule has 1 aromatic rings. The average Bonchev–Trinajstić information content (AvgIpc) is 2.52. The van der Waals surface area contributed by atoms with Crippen LogP contribution in [0.4, 0.5) is 4.79 Å². The summed E-state index contributed by atoms with van der Waals surface area (Å²) in [5, 5.41) is 5.60. The first-order valence-corrected chi connectivity index (χ1v) is 9.12. The molecule has 0 unspecified atom stereocenters. The molecule has 0 heterocycles. The van der Waals surface area contributed by atoms with Crippen LogP contribution in [0.3, 0.4) is 0 Å². The summed E-state index contributed by atoms with van der Waals surface area (Å²) in [6.07, 6.45) is 4.53. The molecule has 0 aliphatic heterocycles. The van der Waals surface area contributed by atoms with E-state index in [-0.39, 0.29) is 24.9 Å². The van der Waals surface area contributed by atoms with Crippen LogP contribution in [0, 0.1) is 0 Å². The third-order valence-corrected chi connectivity index (χ3v) is 4.27. The Kier molecular flexibility index (Phi) is 6.45. The van der Waals surface area contributed by atoms with Crippen LogP contribution in [0.15, 0.2) is 18.2 Å². The van der Waals surface area contributed by atoms with Gasteiger partial charge in [-0.2, -0.15) is 0 Å². The number of amides is 2. The molecule has 2 amide bonds. The van der Waals surface area contributed by atoms with Gasteiger partial charge in [-0.05, 0) is 70.1 Å². The highest BCUT2D eigenvalue weighted by molar-refractivity contribution is 5.77. The van der Waals surface area contributed by atoms with E-state index >= 15 is 0 Å². The van der Waals surface area contributed by atoms with Crippen molar-refractivity contribution in [1.29, 1.82) is 0 Å². The first-order valence-electron chi connectivity index (χ1n) is 9.12. The second-order valence-corrected chi connectivity index (χ2v) is 7.70. The van der Waals surface area contributed by atoms with Crippen molar-refractivity contribution in [2.24, 2.45) is 0 Å². The van der Waals surface area contributed by atoms with Crippen molar-refractivity contribution in [3.8, 4) is 0 Å². The minimum atomic E-state index is -0.534. The van der Waals surface area contributed by atoms with Crippen LogP contribution in [0.5, 0.6) is 0 Å². The lowest BCUT2D eigenvalue weighted by atomic mass is 9.89. The standard InChI is InChI=1S/C20H30N2O3/c1-14(16-10-9-15-7-5-6-8-17(15)13-16)22-18(23)11-12-21-19(24)25-20(2,3)4/h9-10,13-14H,5-8,11-12H2,1-4H3,(H,21,24)(H,22,23)/t14-/m1/s1. The van der Waals surface area contributed by atoms with Crippen LogP contribution in [0.2, 0.25) is 0 Å². The zero-order chi connectivity index (χ0) is 18.4. The summed E-state index contributed by atoms with van der Waals surface area (Å²) in [5.41, 5.74) is 3.45. The van der Waals surface area contributed by atoms with Gasteiger partial charge >= 0.3 is 6.09 Å². The fourth-order valence-electron chi connectivity index (χ4n) is 3.01. The Morgan fingerprint density at radius 3 is 2.52 bits per heavy atom. The van der Waals surface area contributed by atoms with Crippen LogP contribution < -0.4 is 10.6 Å². The van der Waals surface area contributed by atoms with Gasteiger partial charge in [0.25, 0.3) is 0 Å². The van der Waals surface area contributed by atoms with E-state index in [2.05, 4.69) is 28.8 Å². The maximum Gasteiger partial charge on any atom is 0.407 e. The van der Waals surface area contributed by atoms with Crippen LogP contribution in [0.1, 0.15) is 69.7 Å². The van der Waals surface area contributed by atoms with Crippen LogP contribution in [0.25, 0.3) is 0 Å². The Morgan fingerprint density at radius 1 is 1.16 bits per heavy atom. The van der Waals surface area contributed by atoms with Crippen molar-refractivity contribution in [3.63, 3.8) is 0 Å². The smallest absolute Gasteiger partial charge is 0.407 e. The number of fused-ring (bicyclic) bond motifs is 1. The van der Waals surface area contributed by atoms with Gasteiger partial charge in [-0.3, -0.25) is 4.79 Å². The highest BCUT2D eigenvalue weighted by Crippen LogP contribution is 2.24. The highest BCUT2D eigenvalue weighted by atomic mass is 16.6. The van der Waals surface area contributed by atoms with Gasteiger partial charge in [-0.15, -0.1) is 0 Å². The third kappa shape index (κ3) is 6.40. The van der Waals surface area contributed by atoms with Gasteiger partial charge in [-0.1, -0.05) is 18.2 Å². The summed E-state index contributed by atoms with van der Waals surface area (Å²) in [4.78, 5) is 23.6. The number of ether oxygens (including phenoxy) is 1. The topological polar surface area (TPSA) is 67.4 Å². The summed E-state index contributed by atoms with van der Waals surface area (Å²) in [5.74, 6) is -0.0821. The predicted molar refractivity (Wildman–Crippen MR) is 98.5 cm³/mol. The maximum atomic E-state index is 12.1. The van der Waals surface area contributed by atoms with Gasteiger partial charge in [0.05, 0.1) is 6.04 Å². The average molecular weight is 346 g/mol. The Labute approximate surface area is 150 Å². The van der Waals surface area contributed by atoms with Crippen molar-refractivity contribution in [2.75, 3.05) is 6.54 Å². The Hall–Kier alpha value is -2.04. The number of nitrogens with one attached hydrogen (secondary N) is 2. The maximum absolute atomic E-state index is 12.1. The zero-order valence-corrected chi connectivity index (χ0v) is 15.8. The fraction of sp³-hybridized carbons (Fsp3) is 0.600. The monoisotopic (exact) mass is 346 g/mol. The molecular weight excluding hydrogens is 316 g/mol. The Morgan fingerprint density at radius 2 is 1.84 bits per heavy atom. The highest BCUT2D eigenvalue weighted by Gasteiger charge is 2.17. The number of aryl methyl sites for hydroxylation is 2. The first kappa shape index (κ1) is 19.3. The van der Waals surface area contributed by atoms with Gasteiger partial charge in [0.1, 0.15) is 5.60 Å². The quantitative estimate of drug-likeness (QED) is 0.855. The third-order valence-electron chi connectivity index (χ3n) is 4.27. The van der Waals surface area contributed by atoms with Gasteiger partial charge in [0.2, 0.25) is 5.91 Å². The number of hydrogen-bond acceptors (Lipinski definition) is 3. The van der Waals surface area contributed by atoms with Crippen molar-refractivity contribution in [2.45, 2.75) is 71.4 Å². The molecule has 1 aromatic carbocycles. The fourth-order valence-corrected chi connectivity index (χ4v) is 3.01. The Bertz CT molecular complexity index is 620. The predicted octanol–water partition coefficient (Wildman–Crippen LogP) is 3.66. The van der Waals surface area contributed by atoms with Crippen LogP contribution >= 0.6 is 0 Å². The lowest BCUT2D eigenvalue weighted by Crippen LogP contribution is -2.35. The number of benzene rings is 1.